The molecule has 1 aromatic heterocycles. The molecule has 0 unspecified atom stereocenters. The van der Waals surface area contributed by atoms with Crippen LogP contribution in [0, 0.1) is 12.8 Å². The molecule has 0 amide bonds. The molecule has 0 fully saturated rings. The number of hydrogen-bond acceptors (Lipinski definition) is 5. The minimum absolute atomic E-state index is 0.274. The second-order valence-corrected chi connectivity index (χ2v) is 8.93. The Morgan fingerprint density at radius 1 is 1.16 bits per heavy atom. The van der Waals surface area contributed by atoms with Gasteiger partial charge in [-0.3, -0.25) is 0 Å². The summed E-state index contributed by atoms with van der Waals surface area (Å²) in [5.74, 6) is 2.70. The van der Waals surface area contributed by atoms with Crippen LogP contribution in [0.2, 0.25) is 0 Å². The first-order chi connectivity index (χ1) is 15.2. The first-order valence-electron chi connectivity index (χ1n) is 11.0. The van der Waals surface area contributed by atoms with Crippen molar-refractivity contribution in [3.63, 3.8) is 0 Å². The van der Waals surface area contributed by atoms with Gasteiger partial charge >= 0.3 is 6.09 Å². The summed E-state index contributed by atoms with van der Waals surface area (Å²) in [5, 5.41) is 0. The summed E-state index contributed by atoms with van der Waals surface area (Å²) in [6.45, 7) is 12.4. The fraction of sp³-hybridized carbons (Fsp3) is 0.385. The van der Waals surface area contributed by atoms with Gasteiger partial charge in [-0.2, -0.15) is 0 Å². The highest BCUT2D eigenvalue weighted by molar-refractivity contribution is 5.90. The van der Waals surface area contributed by atoms with E-state index >= 15 is 0 Å². The quantitative estimate of drug-likeness (QED) is 0.582. The first-order valence-corrected chi connectivity index (χ1v) is 11.0. The Bertz CT molecular complexity index is 1220. The van der Waals surface area contributed by atoms with Crippen molar-refractivity contribution in [2.45, 2.75) is 48.0 Å². The Kier molecular flexibility index (Phi) is 5.71. The van der Waals surface area contributed by atoms with E-state index in [4.69, 9.17) is 9.47 Å². The number of benzene rings is 1. The third-order valence-electron chi connectivity index (χ3n) is 6.23. The van der Waals surface area contributed by atoms with Crippen LogP contribution in [0.3, 0.4) is 0 Å². The van der Waals surface area contributed by atoms with E-state index in [0.29, 0.717) is 12.4 Å². The molecule has 1 aliphatic heterocycles. The number of ether oxygens (including phenoxy) is 2. The fourth-order valence-corrected chi connectivity index (χ4v) is 4.07. The van der Waals surface area contributed by atoms with E-state index in [-0.39, 0.29) is 12.0 Å². The molecular formula is C26H31N3O3. The molecule has 168 valence electrons. The number of carbonyl (C=O) groups is 1. The van der Waals surface area contributed by atoms with Crippen molar-refractivity contribution < 1.29 is 14.3 Å². The molecule has 0 saturated carbocycles. The average molecular weight is 434 g/mol. The molecule has 6 nitrogen and oxygen atoms in total. The van der Waals surface area contributed by atoms with E-state index in [1.807, 2.05) is 45.9 Å². The van der Waals surface area contributed by atoms with Gasteiger partial charge in [-0.15, -0.1) is 0 Å². The van der Waals surface area contributed by atoms with Gasteiger partial charge in [-0.05, 0) is 63.0 Å². The van der Waals surface area contributed by atoms with Crippen LogP contribution in [0.15, 0.2) is 58.8 Å². The van der Waals surface area contributed by atoms with E-state index < -0.39 is 0 Å². The summed E-state index contributed by atoms with van der Waals surface area (Å²) in [7, 11) is 2.07. The lowest BCUT2D eigenvalue weighted by Crippen LogP contribution is -2.17. The summed E-state index contributed by atoms with van der Waals surface area (Å²) in [5.41, 5.74) is 7.21. The van der Waals surface area contributed by atoms with E-state index in [1.54, 1.807) is 4.57 Å². The summed E-state index contributed by atoms with van der Waals surface area (Å²) in [6, 6.07) is 6.06. The van der Waals surface area contributed by atoms with Crippen LogP contribution in [0.4, 0.5) is 4.79 Å². The summed E-state index contributed by atoms with van der Waals surface area (Å²) < 4.78 is 13.2. The Morgan fingerprint density at radius 2 is 1.91 bits per heavy atom. The molecule has 0 saturated heterocycles. The van der Waals surface area contributed by atoms with Crippen molar-refractivity contribution in [2.24, 2.45) is 5.92 Å². The Labute approximate surface area is 189 Å². The minimum atomic E-state index is -0.384. The Balaban J connectivity index is 1.72. The number of allylic oxidation sites excluding steroid dienone is 7. The highest BCUT2D eigenvalue weighted by Gasteiger charge is 2.25. The molecule has 0 spiro atoms. The minimum Gasteiger partial charge on any atom is -0.460 e. The average Bonchev–Trinajstić information content (AvgIpc) is 3.07. The zero-order valence-electron chi connectivity index (χ0n) is 19.9. The number of fused-ring (bicyclic) bond motifs is 2. The van der Waals surface area contributed by atoms with Gasteiger partial charge in [-0.25, -0.2) is 14.3 Å². The van der Waals surface area contributed by atoms with Gasteiger partial charge in [0.1, 0.15) is 17.3 Å². The van der Waals surface area contributed by atoms with Crippen molar-refractivity contribution in [3.8, 4) is 0 Å². The molecule has 2 heterocycles. The standard InChI is InChI=1S/C26H31N3O3/c1-15(2)14-31-26(30)29-19(6)27-23-10-8-21(13-24(23)29)20-9-11-25-22(12-20)17(4)28(7)16(3)18(5)32-25/h8-11,13,15H,12,14H2,1-7H3. The van der Waals surface area contributed by atoms with Gasteiger partial charge < -0.3 is 14.4 Å². The molecule has 2 aromatic rings. The molecule has 1 aromatic carbocycles. The number of nitrogens with zero attached hydrogens (tertiary/aromatic N) is 3. The molecule has 0 bridgehead atoms. The zero-order chi connectivity index (χ0) is 23.2. The van der Waals surface area contributed by atoms with Crippen LogP contribution in [0.25, 0.3) is 16.6 Å². The Hall–Kier alpha value is -3.28. The summed E-state index contributed by atoms with van der Waals surface area (Å²) in [4.78, 5) is 19.5. The molecule has 2 aliphatic rings. The van der Waals surface area contributed by atoms with Crippen LogP contribution in [0.1, 0.15) is 52.4 Å². The number of aryl methyl sites for hydroxylation is 1. The molecule has 6 heteroatoms. The second kappa shape index (κ2) is 8.34. The van der Waals surface area contributed by atoms with Crippen LogP contribution < -0.4 is 0 Å². The normalized spacial score (nSPS) is 16.7. The highest BCUT2D eigenvalue weighted by atomic mass is 16.5. The number of carbonyl (C=O) groups excluding carboxylic acids is 1. The third kappa shape index (κ3) is 3.85. The van der Waals surface area contributed by atoms with Crippen molar-refractivity contribution >= 4 is 22.7 Å². The zero-order valence-corrected chi connectivity index (χ0v) is 19.9. The lowest BCUT2D eigenvalue weighted by molar-refractivity contribution is 0.135. The SMILES string of the molecule is CC1=C(C)N(C)C(C)=C2CC(c3ccc4nc(C)n(C(=O)OCC(C)C)c4c3)=CC=C2O1. The van der Waals surface area contributed by atoms with Crippen LogP contribution in [-0.4, -0.2) is 34.2 Å². The molecule has 0 radical (unpaired) electrons. The second-order valence-electron chi connectivity index (χ2n) is 8.93. The smallest absolute Gasteiger partial charge is 0.419 e. The van der Waals surface area contributed by atoms with Gasteiger partial charge in [0.15, 0.2) is 0 Å². The predicted octanol–water partition coefficient (Wildman–Crippen LogP) is 6.14. The number of imidazole rings is 1. The fourth-order valence-electron chi connectivity index (χ4n) is 4.07. The van der Waals surface area contributed by atoms with Crippen molar-refractivity contribution in [3.05, 3.63) is 70.2 Å². The Morgan fingerprint density at radius 3 is 2.62 bits per heavy atom. The van der Waals surface area contributed by atoms with Crippen LogP contribution in [-0.2, 0) is 9.47 Å². The number of hydrogen-bond donors (Lipinski definition) is 0. The maximum atomic E-state index is 12.7. The maximum Gasteiger partial charge on any atom is 0.419 e. The molecule has 1 aliphatic carbocycles. The van der Waals surface area contributed by atoms with Crippen molar-refractivity contribution in [1.29, 1.82) is 0 Å². The van der Waals surface area contributed by atoms with Gasteiger partial charge in [0.05, 0.1) is 23.3 Å². The van der Waals surface area contributed by atoms with Gasteiger partial charge in [0, 0.05) is 24.7 Å². The van der Waals surface area contributed by atoms with Gasteiger partial charge in [0.25, 0.3) is 0 Å². The maximum absolute atomic E-state index is 12.7. The monoisotopic (exact) mass is 433 g/mol. The predicted molar refractivity (Wildman–Crippen MR) is 127 cm³/mol. The largest absolute Gasteiger partial charge is 0.460 e. The van der Waals surface area contributed by atoms with Crippen molar-refractivity contribution in [1.82, 2.24) is 14.5 Å². The van der Waals surface area contributed by atoms with E-state index in [0.717, 1.165) is 40.2 Å². The van der Waals surface area contributed by atoms with Crippen molar-refractivity contribution in [2.75, 3.05) is 13.7 Å². The summed E-state index contributed by atoms with van der Waals surface area (Å²) in [6.07, 6.45) is 4.51. The lowest BCUT2D eigenvalue weighted by Gasteiger charge is -2.23. The molecule has 0 N–H and O–H groups in total. The van der Waals surface area contributed by atoms with E-state index in [1.165, 1.54) is 16.8 Å². The first kappa shape index (κ1) is 21.9. The lowest BCUT2D eigenvalue weighted by atomic mass is 9.91. The molecular weight excluding hydrogens is 402 g/mol. The third-order valence-corrected chi connectivity index (χ3v) is 6.23. The van der Waals surface area contributed by atoms with E-state index in [9.17, 15) is 4.79 Å². The van der Waals surface area contributed by atoms with Crippen LogP contribution in [0.5, 0.6) is 0 Å². The molecule has 32 heavy (non-hydrogen) atoms. The highest BCUT2D eigenvalue weighted by Crippen LogP contribution is 2.38. The number of aromatic nitrogens is 2. The van der Waals surface area contributed by atoms with E-state index in [2.05, 4.69) is 42.9 Å². The van der Waals surface area contributed by atoms with Crippen LogP contribution >= 0.6 is 0 Å². The number of rotatable bonds is 3. The van der Waals surface area contributed by atoms with Gasteiger partial charge in [0.2, 0.25) is 0 Å². The van der Waals surface area contributed by atoms with Gasteiger partial charge in [-0.1, -0.05) is 26.0 Å². The molecule has 0 atom stereocenters. The summed E-state index contributed by atoms with van der Waals surface area (Å²) >= 11 is 0. The molecule has 4 rings (SSSR count). The topological polar surface area (TPSA) is 56.6 Å².